The predicted molar refractivity (Wildman–Crippen MR) is 68.4 cm³/mol. The van der Waals surface area contributed by atoms with E-state index >= 15 is 0 Å². The summed E-state index contributed by atoms with van der Waals surface area (Å²) in [5.41, 5.74) is 0.892. The monoisotopic (exact) mass is 241 g/mol. The lowest BCUT2D eigenvalue weighted by molar-refractivity contribution is 0.0690. The van der Waals surface area contributed by atoms with E-state index in [4.69, 9.17) is 11.5 Å². The van der Waals surface area contributed by atoms with Crippen molar-refractivity contribution in [3.05, 3.63) is 30.0 Å². The fraction of sp³-hybridized carbons (Fsp3) is 0.154. The number of anilines is 1. The number of rotatable bonds is 3. The zero-order valence-electron chi connectivity index (χ0n) is 9.71. The number of carboxylic acid groups (broad SMARTS) is 1. The number of nitrogens with one attached hydrogen (secondary N) is 1. The van der Waals surface area contributed by atoms with Crippen LogP contribution in [0.1, 0.15) is 17.4 Å². The minimum atomic E-state index is -1.14. The van der Waals surface area contributed by atoms with Crippen LogP contribution < -0.4 is 5.32 Å². The number of hydrogen-bond donors (Lipinski definition) is 2. The van der Waals surface area contributed by atoms with E-state index in [9.17, 15) is 4.79 Å². The zero-order chi connectivity index (χ0) is 13.1. The first-order valence-electron chi connectivity index (χ1n) is 5.35. The van der Waals surface area contributed by atoms with Crippen LogP contribution in [0.5, 0.6) is 0 Å². The average Bonchev–Trinajstić information content (AvgIpc) is 2.38. The number of hydrogen-bond acceptors (Lipinski definition) is 4. The number of nitrogens with zero attached hydrogens (tertiary/aromatic N) is 2. The topological polar surface area (TPSA) is 75.1 Å². The molecule has 1 atom stereocenters. The lowest BCUT2D eigenvalue weighted by Crippen LogP contribution is -2.17. The van der Waals surface area contributed by atoms with E-state index in [1.807, 2.05) is 6.07 Å². The van der Waals surface area contributed by atoms with Crippen molar-refractivity contribution in [1.82, 2.24) is 10.2 Å². The first kappa shape index (κ1) is 11.9. The Labute approximate surface area is 104 Å². The van der Waals surface area contributed by atoms with Crippen molar-refractivity contribution in [3.8, 4) is 12.3 Å². The highest BCUT2D eigenvalue weighted by Gasteiger charge is 2.17. The second-order valence-electron chi connectivity index (χ2n) is 3.78. The fourth-order valence-corrected chi connectivity index (χ4v) is 1.61. The van der Waals surface area contributed by atoms with Gasteiger partial charge in [0.1, 0.15) is 0 Å². The Kier molecular flexibility index (Phi) is 3.11. The third kappa shape index (κ3) is 2.09. The van der Waals surface area contributed by atoms with Crippen LogP contribution in [0.4, 0.5) is 5.69 Å². The van der Waals surface area contributed by atoms with Gasteiger partial charge in [-0.15, -0.1) is 16.6 Å². The van der Waals surface area contributed by atoms with Gasteiger partial charge in [-0.2, -0.15) is 0 Å². The number of carbonyl (C=O) groups is 1. The summed E-state index contributed by atoms with van der Waals surface area (Å²) in [4.78, 5) is 11.1. The van der Waals surface area contributed by atoms with Gasteiger partial charge in [0.15, 0.2) is 5.69 Å². The molecule has 0 aliphatic carbocycles. The van der Waals surface area contributed by atoms with Crippen molar-refractivity contribution in [2.24, 2.45) is 0 Å². The highest BCUT2D eigenvalue weighted by molar-refractivity contribution is 6.02. The summed E-state index contributed by atoms with van der Waals surface area (Å²) in [6, 6.07) is 6.87. The number of terminal acetylenes is 1. The van der Waals surface area contributed by atoms with E-state index in [1.54, 1.807) is 25.1 Å². The Balaban J connectivity index is 2.67. The molecule has 2 aromatic rings. The lowest BCUT2D eigenvalue weighted by atomic mass is 10.1. The molecule has 18 heavy (non-hydrogen) atoms. The van der Waals surface area contributed by atoms with Gasteiger partial charge in [-0.05, 0) is 13.0 Å². The molecule has 0 radical (unpaired) electrons. The molecule has 0 aliphatic rings. The summed E-state index contributed by atoms with van der Waals surface area (Å²) >= 11 is 0. The maximum atomic E-state index is 11.1. The van der Waals surface area contributed by atoms with Crippen LogP contribution in [0.25, 0.3) is 10.9 Å². The Bertz CT molecular complexity index is 646. The average molecular weight is 241 g/mol. The molecule has 90 valence electrons. The van der Waals surface area contributed by atoms with E-state index < -0.39 is 5.97 Å². The highest BCUT2D eigenvalue weighted by atomic mass is 16.4. The van der Waals surface area contributed by atoms with E-state index in [0.29, 0.717) is 16.6 Å². The third-order valence-corrected chi connectivity index (χ3v) is 2.48. The van der Waals surface area contributed by atoms with E-state index in [-0.39, 0.29) is 11.7 Å². The number of carboxylic acids is 1. The van der Waals surface area contributed by atoms with Crippen molar-refractivity contribution in [2.45, 2.75) is 13.0 Å². The molecule has 1 aromatic carbocycles. The van der Waals surface area contributed by atoms with Crippen molar-refractivity contribution in [1.29, 1.82) is 0 Å². The third-order valence-electron chi connectivity index (χ3n) is 2.48. The summed E-state index contributed by atoms with van der Waals surface area (Å²) in [6.07, 6.45) is 5.29. The zero-order valence-corrected chi connectivity index (χ0v) is 9.71. The molecule has 0 aliphatic heterocycles. The molecule has 0 saturated carbocycles. The Hall–Kier alpha value is -2.61. The highest BCUT2D eigenvalue weighted by Crippen LogP contribution is 2.24. The SMILES string of the molecule is C#CC(C)Nc1c(C(=O)O)nnc2ccccc12. The van der Waals surface area contributed by atoms with Crippen LogP contribution in [0.2, 0.25) is 0 Å². The molecule has 1 aromatic heterocycles. The molecule has 5 nitrogen and oxygen atoms in total. The van der Waals surface area contributed by atoms with E-state index in [1.165, 1.54) is 0 Å². The molecule has 0 fully saturated rings. The summed E-state index contributed by atoms with van der Waals surface area (Å²) in [6.45, 7) is 1.76. The molecule has 2 rings (SSSR count). The first-order valence-corrected chi connectivity index (χ1v) is 5.35. The molecule has 0 saturated heterocycles. The molecule has 1 heterocycles. The molecule has 5 heteroatoms. The van der Waals surface area contributed by atoms with Crippen molar-refractivity contribution >= 4 is 22.6 Å². The van der Waals surface area contributed by atoms with E-state index in [2.05, 4.69) is 21.4 Å². The normalized spacial score (nSPS) is 11.8. The van der Waals surface area contributed by atoms with Crippen LogP contribution in [-0.4, -0.2) is 27.3 Å². The molecule has 0 amide bonds. The van der Waals surface area contributed by atoms with Gasteiger partial charge in [0.25, 0.3) is 0 Å². The van der Waals surface area contributed by atoms with E-state index in [0.717, 1.165) is 0 Å². The second kappa shape index (κ2) is 4.72. The molecule has 0 bridgehead atoms. The van der Waals surface area contributed by atoms with Gasteiger partial charge in [0, 0.05) is 5.39 Å². The maximum absolute atomic E-state index is 11.1. The van der Waals surface area contributed by atoms with Gasteiger partial charge in [0.2, 0.25) is 0 Å². The van der Waals surface area contributed by atoms with Crippen LogP contribution >= 0.6 is 0 Å². The van der Waals surface area contributed by atoms with Gasteiger partial charge in [0.05, 0.1) is 17.2 Å². The Morgan fingerprint density at radius 1 is 1.44 bits per heavy atom. The van der Waals surface area contributed by atoms with Gasteiger partial charge in [-0.25, -0.2) is 4.79 Å². The molecule has 2 N–H and O–H groups in total. The fourth-order valence-electron chi connectivity index (χ4n) is 1.61. The molecule has 0 spiro atoms. The summed E-state index contributed by atoms with van der Waals surface area (Å²) in [7, 11) is 0. The van der Waals surface area contributed by atoms with Gasteiger partial charge < -0.3 is 10.4 Å². The quantitative estimate of drug-likeness (QED) is 0.801. The van der Waals surface area contributed by atoms with Gasteiger partial charge in [-0.1, -0.05) is 24.1 Å². The first-order chi connectivity index (χ1) is 8.63. The molecule has 1 unspecified atom stereocenters. The smallest absolute Gasteiger partial charge is 0.358 e. The van der Waals surface area contributed by atoms with Crippen LogP contribution in [0.3, 0.4) is 0 Å². The summed E-state index contributed by atoms with van der Waals surface area (Å²) < 4.78 is 0. The minimum absolute atomic E-state index is 0.129. The van der Waals surface area contributed by atoms with Gasteiger partial charge in [-0.3, -0.25) is 0 Å². The number of benzene rings is 1. The lowest BCUT2D eigenvalue weighted by Gasteiger charge is -2.13. The number of aromatic nitrogens is 2. The Morgan fingerprint density at radius 3 is 2.83 bits per heavy atom. The van der Waals surface area contributed by atoms with Crippen LogP contribution in [0.15, 0.2) is 24.3 Å². The second-order valence-corrected chi connectivity index (χ2v) is 3.78. The van der Waals surface area contributed by atoms with Crippen molar-refractivity contribution in [2.75, 3.05) is 5.32 Å². The van der Waals surface area contributed by atoms with Gasteiger partial charge >= 0.3 is 5.97 Å². The maximum Gasteiger partial charge on any atom is 0.358 e. The Morgan fingerprint density at radius 2 is 2.17 bits per heavy atom. The number of fused-ring (bicyclic) bond motifs is 1. The van der Waals surface area contributed by atoms with Crippen molar-refractivity contribution in [3.63, 3.8) is 0 Å². The largest absolute Gasteiger partial charge is 0.476 e. The van der Waals surface area contributed by atoms with Crippen molar-refractivity contribution < 1.29 is 9.90 Å². The number of aromatic carboxylic acids is 1. The summed E-state index contributed by atoms with van der Waals surface area (Å²) in [5, 5.41) is 20.4. The standard InChI is InChI=1S/C13H11N3O2/c1-3-8(2)14-11-9-6-4-5-7-10(9)15-16-12(11)13(17)18/h1,4-8H,2H3,(H,14,15)(H,17,18). The predicted octanol–water partition coefficient (Wildman–Crippen LogP) is 1.76. The summed E-state index contributed by atoms with van der Waals surface area (Å²) in [5.74, 6) is 1.35. The van der Waals surface area contributed by atoms with Crippen LogP contribution in [0, 0.1) is 12.3 Å². The molecular weight excluding hydrogens is 230 g/mol. The minimum Gasteiger partial charge on any atom is -0.476 e. The molecular formula is C13H11N3O2. The van der Waals surface area contributed by atoms with Crippen LogP contribution in [-0.2, 0) is 0 Å².